The fourth-order valence-electron chi connectivity index (χ4n) is 1.68. The first-order valence-corrected chi connectivity index (χ1v) is 4.76. The van der Waals surface area contributed by atoms with Crippen LogP contribution in [0.1, 0.15) is 39.0 Å². The number of hydrogen-bond acceptors (Lipinski definition) is 2. The Hall–Kier alpha value is -0.830. The Morgan fingerprint density at radius 2 is 2.08 bits per heavy atom. The molecule has 0 radical (unpaired) electrons. The number of aromatic nitrogens is 2. The molecule has 0 aliphatic carbocycles. The van der Waals surface area contributed by atoms with Gasteiger partial charge in [-0.1, -0.05) is 20.8 Å². The van der Waals surface area contributed by atoms with E-state index in [4.69, 9.17) is 5.73 Å². The lowest BCUT2D eigenvalue weighted by molar-refractivity contribution is 0.493. The molecule has 0 unspecified atom stereocenters. The minimum atomic E-state index is 0.126. The van der Waals surface area contributed by atoms with Crippen molar-refractivity contribution < 1.29 is 0 Å². The number of aryl methyl sites for hydroxylation is 1. The van der Waals surface area contributed by atoms with Crippen LogP contribution in [0, 0.1) is 0 Å². The van der Waals surface area contributed by atoms with Crippen LogP contribution in [-0.2, 0) is 18.5 Å². The maximum Gasteiger partial charge on any atom is 0.0537 e. The van der Waals surface area contributed by atoms with Crippen molar-refractivity contribution in [2.45, 2.75) is 46.2 Å². The molecule has 3 nitrogen and oxygen atoms in total. The zero-order valence-electron chi connectivity index (χ0n) is 8.96. The van der Waals surface area contributed by atoms with E-state index < -0.39 is 0 Å². The van der Waals surface area contributed by atoms with Crippen LogP contribution in [-0.4, -0.2) is 9.78 Å². The Morgan fingerprint density at radius 3 is 2.46 bits per heavy atom. The van der Waals surface area contributed by atoms with Crippen molar-refractivity contribution in [3.05, 3.63) is 17.5 Å². The second-order valence-electron chi connectivity index (χ2n) is 4.29. The molecule has 13 heavy (non-hydrogen) atoms. The molecule has 0 amide bonds. The van der Waals surface area contributed by atoms with Crippen molar-refractivity contribution >= 4 is 0 Å². The predicted octanol–water partition coefficient (Wildman–Crippen LogP) is 1.66. The van der Waals surface area contributed by atoms with Crippen molar-refractivity contribution in [1.82, 2.24) is 9.78 Å². The molecule has 0 atom stereocenters. The topological polar surface area (TPSA) is 43.8 Å². The standard InChI is InChI=1S/C10H19N3/c1-5-13-9(10(2,3)4)8(6-11)7-12-13/h7H,5-6,11H2,1-4H3. The van der Waals surface area contributed by atoms with Crippen molar-refractivity contribution in [2.24, 2.45) is 5.73 Å². The normalized spacial score (nSPS) is 12.1. The van der Waals surface area contributed by atoms with Crippen LogP contribution >= 0.6 is 0 Å². The third kappa shape index (κ3) is 1.91. The van der Waals surface area contributed by atoms with Gasteiger partial charge in [-0.2, -0.15) is 5.10 Å². The third-order valence-electron chi connectivity index (χ3n) is 2.15. The Morgan fingerprint density at radius 1 is 1.46 bits per heavy atom. The molecule has 1 aromatic heterocycles. The quantitative estimate of drug-likeness (QED) is 0.754. The summed E-state index contributed by atoms with van der Waals surface area (Å²) in [6.07, 6.45) is 1.88. The molecule has 74 valence electrons. The summed E-state index contributed by atoms with van der Waals surface area (Å²) in [5.41, 5.74) is 8.21. The summed E-state index contributed by atoms with van der Waals surface area (Å²) < 4.78 is 2.03. The van der Waals surface area contributed by atoms with Gasteiger partial charge >= 0.3 is 0 Å². The lowest BCUT2D eigenvalue weighted by atomic mass is 9.89. The van der Waals surface area contributed by atoms with Gasteiger partial charge in [0, 0.05) is 29.8 Å². The summed E-state index contributed by atoms with van der Waals surface area (Å²) in [5, 5.41) is 4.31. The van der Waals surface area contributed by atoms with Gasteiger partial charge in [-0.25, -0.2) is 0 Å². The average molecular weight is 181 g/mol. The summed E-state index contributed by atoms with van der Waals surface area (Å²) >= 11 is 0. The molecule has 0 aliphatic heterocycles. The van der Waals surface area contributed by atoms with Gasteiger partial charge in [0.1, 0.15) is 0 Å². The van der Waals surface area contributed by atoms with E-state index in [2.05, 4.69) is 32.8 Å². The lowest BCUT2D eigenvalue weighted by Crippen LogP contribution is -2.20. The van der Waals surface area contributed by atoms with E-state index in [1.807, 2.05) is 10.9 Å². The lowest BCUT2D eigenvalue weighted by Gasteiger charge is -2.21. The van der Waals surface area contributed by atoms with Gasteiger partial charge in [0.15, 0.2) is 0 Å². The zero-order chi connectivity index (χ0) is 10.1. The first-order chi connectivity index (χ1) is 6.00. The van der Waals surface area contributed by atoms with Crippen LogP contribution in [0.25, 0.3) is 0 Å². The molecular formula is C10H19N3. The third-order valence-corrected chi connectivity index (χ3v) is 2.15. The van der Waals surface area contributed by atoms with Crippen LogP contribution in [0.2, 0.25) is 0 Å². The highest BCUT2D eigenvalue weighted by Gasteiger charge is 2.22. The second-order valence-corrected chi connectivity index (χ2v) is 4.29. The Balaban J connectivity index is 3.20. The molecule has 1 rings (SSSR count). The Bertz CT molecular complexity index is 259. The van der Waals surface area contributed by atoms with Gasteiger partial charge in [-0.15, -0.1) is 0 Å². The molecule has 1 aromatic rings. The number of nitrogens with zero attached hydrogens (tertiary/aromatic N) is 2. The van der Waals surface area contributed by atoms with Gasteiger partial charge < -0.3 is 5.73 Å². The monoisotopic (exact) mass is 181 g/mol. The first kappa shape index (κ1) is 10.3. The molecule has 0 aromatic carbocycles. The maximum atomic E-state index is 5.66. The van der Waals surface area contributed by atoms with Gasteiger partial charge in [0.25, 0.3) is 0 Å². The number of hydrogen-bond donors (Lipinski definition) is 1. The highest BCUT2D eigenvalue weighted by atomic mass is 15.3. The van der Waals surface area contributed by atoms with Gasteiger partial charge in [0.2, 0.25) is 0 Å². The molecule has 3 heteroatoms. The smallest absolute Gasteiger partial charge is 0.0537 e. The predicted molar refractivity (Wildman–Crippen MR) is 54.5 cm³/mol. The van der Waals surface area contributed by atoms with Gasteiger partial charge in [0.05, 0.1) is 6.20 Å². The van der Waals surface area contributed by atoms with E-state index in [9.17, 15) is 0 Å². The van der Waals surface area contributed by atoms with Crippen molar-refractivity contribution in [2.75, 3.05) is 0 Å². The van der Waals surface area contributed by atoms with E-state index in [1.165, 1.54) is 5.69 Å². The molecule has 0 aliphatic rings. The molecule has 0 spiro atoms. The molecular weight excluding hydrogens is 162 g/mol. The van der Waals surface area contributed by atoms with Crippen LogP contribution in [0.15, 0.2) is 6.20 Å². The molecule has 0 saturated carbocycles. The van der Waals surface area contributed by atoms with E-state index in [0.717, 1.165) is 12.1 Å². The highest BCUT2D eigenvalue weighted by molar-refractivity contribution is 5.24. The van der Waals surface area contributed by atoms with Crippen LogP contribution < -0.4 is 5.73 Å². The second kappa shape index (κ2) is 3.50. The van der Waals surface area contributed by atoms with Crippen LogP contribution in [0.3, 0.4) is 0 Å². The molecule has 0 bridgehead atoms. The summed E-state index contributed by atoms with van der Waals surface area (Å²) in [5.74, 6) is 0. The first-order valence-electron chi connectivity index (χ1n) is 4.76. The SMILES string of the molecule is CCn1ncc(CN)c1C(C)(C)C. The molecule has 2 N–H and O–H groups in total. The van der Waals surface area contributed by atoms with Crippen LogP contribution in [0.5, 0.6) is 0 Å². The zero-order valence-corrected chi connectivity index (χ0v) is 8.96. The number of rotatable bonds is 2. The summed E-state index contributed by atoms with van der Waals surface area (Å²) in [6, 6.07) is 0. The van der Waals surface area contributed by atoms with E-state index in [-0.39, 0.29) is 5.41 Å². The molecule has 1 heterocycles. The Labute approximate surface area is 79.9 Å². The Kier molecular flexibility index (Phi) is 2.76. The van der Waals surface area contributed by atoms with Gasteiger partial charge in [-0.3, -0.25) is 4.68 Å². The summed E-state index contributed by atoms with van der Waals surface area (Å²) in [6.45, 7) is 10.2. The largest absolute Gasteiger partial charge is 0.326 e. The minimum Gasteiger partial charge on any atom is -0.326 e. The fourth-order valence-corrected chi connectivity index (χ4v) is 1.68. The maximum absolute atomic E-state index is 5.66. The van der Waals surface area contributed by atoms with Gasteiger partial charge in [-0.05, 0) is 6.92 Å². The van der Waals surface area contributed by atoms with E-state index in [0.29, 0.717) is 6.54 Å². The fraction of sp³-hybridized carbons (Fsp3) is 0.700. The minimum absolute atomic E-state index is 0.126. The highest BCUT2D eigenvalue weighted by Crippen LogP contribution is 2.25. The van der Waals surface area contributed by atoms with Crippen molar-refractivity contribution in [3.63, 3.8) is 0 Å². The summed E-state index contributed by atoms with van der Waals surface area (Å²) in [4.78, 5) is 0. The van der Waals surface area contributed by atoms with E-state index in [1.54, 1.807) is 0 Å². The van der Waals surface area contributed by atoms with Crippen LogP contribution in [0.4, 0.5) is 0 Å². The van der Waals surface area contributed by atoms with E-state index >= 15 is 0 Å². The number of nitrogens with two attached hydrogens (primary N) is 1. The molecule has 0 fully saturated rings. The van der Waals surface area contributed by atoms with Crippen molar-refractivity contribution in [3.8, 4) is 0 Å². The summed E-state index contributed by atoms with van der Waals surface area (Å²) in [7, 11) is 0. The van der Waals surface area contributed by atoms with Crippen molar-refractivity contribution in [1.29, 1.82) is 0 Å². The average Bonchev–Trinajstić information content (AvgIpc) is 2.45. The molecule has 0 saturated heterocycles.